The summed E-state index contributed by atoms with van der Waals surface area (Å²) in [6, 6.07) is 16.1. The highest BCUT2D eigenvalue weighted by Crippen LogP contribution is 2.36. The van der Waals surface area contributed by atoms with Crippen LogP contribution in [0.15, 0.2) is 30.3 Å². The van der Waals surface area contributed by atoms with Crippen LogP contribution in [0.1, 0.15) is 41.5 Å². The van der Waals surface area contributed by atoms with E-state index >= 15 is 0 Å². The van der Waals surface area contributed by atoms with E-state index in [0.717, 1.165) is 0 Å². The third-order valence-electron chi connectivity index (χ3n) is 1.91. The lowest BCUT2D eigenvalue weighted by molar-refractivity contribution is 0.478. The van der Waals surface area contributed by atoms with Gasteiger partial charge < -0.3 is 0 Å². The van der Waals surface area contributed by atoms with Crippen LogP contribution in [-0.4, -0.2) is 12.8 Å². The van der Waals surface area contributed by atoms with Crippen molar-refractivity contribution < 1.29 is 0 Å². The molecule has 1 rings (SSSR count). The Balaban J connectivity index is -0.000000334. The monoisotopic (exact) mass is 317 g/mol. The normalized spacial score (nSPS) is 9.45. The molecule has 0 amide bonds. The Hall–Kier alpha value is -1.88. The topological polar surface area (TPSA) is 71.4 Å². The van der Waals surface area contributed by atoms with Gasteiger partial charge >= 0.3 is 0 Å². The Labute approximate surface area is 138 Å². The van der Waals surface area contributed by atoms with Crippen molar-refractivity contribution in [3.05, 3.63) is 30.3 Å². The van der Waals surface area contributed by atoms with Gasteiger partial charge in [-0.05, 0) is 23.5 Å². The van der Waals surface area contributed by atoms with Gasteiger partial charge in [-0.3, -0.25) is 0 Å². The van der Waals surface area contributed by atoms with Crippen LogP contribution in [0.3, 0.4) is 0 Å². The molecule has 0 aliphatic rings. The fourth-order valence-electron chi connectivity index (χ4n) is 1.49. The zero-order valence-electron chi connectivity index (χ0n) is 14.9. The summed E-state index contributed by atoms with van der Waals surface area (Å²) >= 11 is 0. The molecule has 0 saturated heterocycles. The van der Waals surface area contributed by atoms with Gasteiger partial charge in [0.1, 0.15) is 0 Å². The summed E-state index contributed by atoms with van der Waals surface area (Å²) in [5.41, 5.74) is 0.455. The Morgan fingerprint density at radius 3 is 1.45 bits per heavy atom. The molecule has 1 aromatic rings. The molecular formula is C18H28N3P. The summed E-state index contributed by atoms with van der Waals surface area (Å²) in [5.74, 6) is 0. The van der Waals surface area contributed by atoms with Gasteiger partial charge in [-0.1, -0.05) is 59.0 Å². The fourth-order valence-corrected chi connectivity index (χ4v) is 3.77. The second kappa shape index (κ2) is 17.2. The van der Waals surface area contributed by atoms with Crippen molar-refractivity contribution in [2.24, 2.45) is 5.41 Å². The second-order valence-corrected chi connectivity index (χ2v) is 7.65. The van der Waals surface area contributed by atoms with Crippen LogP contribution in [0.5, 0.6) is 0 Å². The lowest BCUT2D eigenvalue weighted by Crippen LogP contribution is -2.14. The van der Waals surface area contributed by atoms with Gasteiger partial charge in [0, 0.05) is 20.8 Å². The molecule has 1 unspecified atom stereocenters. The van der Waals surface area contributed by atoms with Crippen LogP contribution < -0.4 is 5.30 Å². The molecule has 0 spiro atoms. The Morgan fingerprint density at radius 2 is 1.18 bits per heavy atom. The predicted octanol–water partition coefficient (Wildman–Crippen LogP) is 5.06. The molecule has 0 aromatic heterocycles. The van der Waals surface area contributed by atoms with Crippen molar-refractivity contribution in [1.29, 1.82) is 15.8 Å². The number of nitriles is 3. The number of benzene rings is 1. The van der Waals surface area contributed by atoms with E-state index in [1.165, 1.54) is 32.2 Å². The van der Waals surface area contributed by atoms with E-state index in [2.05, 4.69) is 57.8 Å². The number of rotatable bonds is 2. The summed E-state index contributed by atoms with van der Waals surface area (Å²) < 4.78 is 0. The Bertz CT molecular complexity index is 442. The number of nitrogens with zero attached hydrogens (tertiary/aromatic N) is 3. The second-order valence-electron chi connectivity index (χ2n) is 5.42. The average Bonchev–Trinajstić information content (AvgIpc) is 2.40. The van der Waals surface area contributed by atoms with Crippen molar-refractivity contribution in [2.75, 3.05) is 12.8 Å². The van der Waals surface area contributed by atoms with Crippen LogP contribution in [0.4, 0.5) is 0 Å². The van der Waals surface area contributed by atoms with Gasteiger partial charge in [0.2, 0.25) is 0 Å². The molecule has 0 fully saturated rings. The zero-order valence-corrected chi connectivity index (χ0v) is 15.8. The lowest BCUT2D eigenvalue weighted by atomic mass is 10.0. The number of hydrogen-bond donors (Lipinski definition) is 0. The van der Waals surface area contributed by atoms with Crippen LogP contribution in [0, 0.1) is 39.4 Å². The molecular weight excluding hydrogens is 289 g/mol. The predicted molar refractivity (Wildman–Crippen MR) is 97.1 cm³/mol. The Morgan fingerprint density at radius 1 is 0.864 bits per heavy atom. The molecule has 0 N–H and O–H groups in total. The molecule has 0 aliphatic carbocycles. The third-order valence-corrected chi connectivity index (χ3v) is 4.51. The van der Waals surface area contributed by atoms with E-state index in [-0.39, 0.29) is 7.92 Å². The SMILES string of the molecule is CC#N.CC#N.CC#N.CP(CC(C)(C)C)c1ccccc1. The first-order chi connectivity index (χ1) is 10.2. The highest BCUT2D eigenvalue weighted by Gasteiger charge is 2.15. The number of hydrogen-bond acceptors (Lipinski definition) is 3. The maximum Gasteiger partial charge on any atom is 0.0587 e. The highest BCUT2D eigenvalue weighted by molar-refractivity contribution is 7.64. The molecule has 3 nitrogen and oxygen atoms in total. The molecule has 0 saturated carbocycles. The third kappa shape index (κ3) is 23.2. The van der Waals surface area contributed by atoms with Gasteiger partial charge in [-0.2, -0.15) is 15.8 Å². The maximum atomic E-state index is 7.32. The van der Waals surface area contributed by atoms with Crippen molar-refractivity contribution >= 4 is 13.2 Å². The summed E-state index contributed by atoms with van der Waals surface area (Å²) in [7, 11) is 0.0363. The molecule has 1 atom stereocenters. The summed E-state index contributed by atoms with van der Waals surface area (Å²) in [4.78, 5) is 0. The van der Waals surface area contributed by atoms with Crippen molar-refractivity contribution in [1.82, 2.24) is 0 Å². The standard InChI is InChI=1S/C12H19P.3C2H3N/c1-12(2,3)10-13(4)11-8-6-5-7-9-11;3*1-2-3/h5-9H,10H2,1-4H3;3*1H3. The highest BCUT2D eigenvalue weighted by atomic mass is 31.1. The van der Waals surface area contributed by atoms with Gasteiger partial charge in [0.05, 0.1) is 18.2 Å². The molecule has 0 aliphatic heterocycles. The van der Waals surface area contributed by atoms with E-state index in [9.17, 15) is 0 Å². The van der Waals surface area contributed by atoms with Crippen LogP contribution in [-0.2, 0) is 0 Å². The Kier molecular flexibility index (Phi) is 19.6. The minimum absolute atomic E-state index is 0.0363. The van der Waals surface area contributed by atoms with Crippen LogP contribution in [0.25, 0.3) is 0 Å². The van der Waals surface area contributed by atoms with E-state index in [1.54, 1.807) is 18.2 Å². The summed E-state index contributed by atoms with van der Waals surface area (Å²) in [6.07, 6.45) is 1.31. The molecule has 120 valence electrons. The first-order valence-electron chi connectivity index (χ1n) is 6.92. The molecule has 4 heteroatoms. The van der Waals surface area contributed by atoms with Gasteiger partial charge in [0.15, 0.2) is 0 Å². The van der Waals surface area contributed by atoms with Crippen molar-refractivity contribution in [3.63, 3.8) is 0 Å². The first kappa shape index (κ1) is 25.1. The van der Waals surface area contributed by atoms with Gasteiger partial charge in [0.25, 0.3) is 0 Å². The fraction of sp³-hybridized carbons (Fsp3) is 0.500. The minimum Gasteiger partial charge on any atom is -0.199 e. The van der Waals surface area contributed by atoms with E-state index in [1.807, 2.05) is 0 Å². The van der Waals surface area contributed by atoms with E-state index < -0.39 is 0 Å². The summed E-state index contributed by atoms with van der Waals surface area (Å²) in [5, 5.41) is 23.5. The van der Waals surface area contributed by atoms with Crippen molar-refractivity contribution in [2.45, 2.75) is 41.5 Å². The first-order valence-corrected chi connectivity index (χ1v) is 8.90. The molecule has 1 aromatic carbocycles. The zero-order chi connectivity index (χ0) is 18.0. The van der Waals surface area contributed by atoms with Crippen LogP contribution in [0.2, 0.25) is 0 Å². The van der Waals surface area contributed by atoms with E-state index in [4.69, 9.17) is 15.8 Å². The lowest BCUT2D eigenvalue weighted by Gasteiger charge is -2.23. The van der Waals surface area contributed by atoms with E-state index in [0.29, 0.717) is 5.41 Å². The summed E-state index contributed by atoms with van der Waals surface area (Å²) in [6.45, 7) is 13.6. The van der Waals surface area contributed by atoms with Gasteiger partial charge in [-0.25, -0.2) is 0 Å². The molecule has 22 heavy (non-hydrogen) atoms. The smallest absolute Gasteiger partial charge is 0.0587 e. The molecule has 0 heterocycles. The minimum atomic E-state index is 0.0363. The quantitative estimate of drug-likeness (QED) is 0.716. The largest absolute Gasteiger partial charge is 0.199 e. The van der Waals surface area contributed by atoms with Crippen molar-refractivity contribution in [3.8, 4) is 18.2 Å². The molecule has 0 radical (unpaired) electrons. The van der Waals surface area contributed by atoms with Gasteiger partial charge in [-0.15, -0.1) is 0 Å². The molecule has 0 bridgehead atoms. The average molecular weight is 317 g/mol. The maximum absolute atomic E-state index is 7.32. The van der Waals surface area contributed by atoms with Crippen LogP contribution >= 0.6 is 7.92 Å².